The number of nitrogens with one attached hydrogen (secondary N) is 3. The quantitative estimate of drug-likeness (QED) is 0.235. The van der Waals surface area contributed by atoms with Gasteiger partial charge < -0.3 is 20.1 Å². The fraction of sp³-hybridized carbons (Fsp3) is 0.947. The lowest BCUT2D eigenvalue weighted by Crippen LogP contribution is -2.42. The maximum absolute atomic E-state index is 12.0. The van der Waals surface area contributed by atoms with Crippen molar-refractivity contribution in [3.05, 3.63) is 0 Å². The smallest absolute Gasteiger partial charge is 0.213 e. The summed E-state index contributed by atoms with van der Waals surface area (Å²) < 4.78 is 37.9. The number of hydrogen-bond acceptors (Lipinski definition) is 5. The lowest BCUT2D eigenvalue weighted by atomic mass is 9.86. The van der Waals surface area contributed by atoms with Crippen LogP contribution in [0.5, 0.6) is 0 Å². The summed E-state index contributed by atoms with van der Waals surface area (Å²) in [5.41, 5.74) is 0. The topological polar surface area (TPSA) is 101 Å². The van der Waals surface area contributed by atoms with Gasteiger partial charge in [0, 0.05) is 52.6 Å². The van der Waals surface area contributed by atoms with Crippen LogP contribution in [-0.4, -0.2) is 72.7 Å². The summed E-state index contributed by atoms with van der Waals surface area (Å²) in [6, 6.07) is 0. The molecule has 0 radical (unpaired) electrons. The molecule has 28 heavy (non-hydrogen) atoms. The summed E-state index contributed by atoms with van der Waals surface area (Å²) in [7, 11) is -3.23. The number of rotatable bonds is 13. The molecule has 1 saturated carbocycles. The van der Waals surface area contributed by atoms with E-state index in [-0.39, 0.29) is 5.75 Å². The van der Waals surface area contributed by atoms with Crippen molar-refractivity contribution in [2.24, 2.45) is 16.8 Å². The molecule has 0 spiro atoms. The highest BCUT2D eigenvalue weighted by Crippen LogP contribution is 2.25. The number of sulfonamides is 1. The molecule has 0 aromatic heterocycles. The van der Waals surface area contributed by atoms with Gasteiger partial charge >= 0.3 is 0 Å². The van der Waals surface area contributed by atoms with Gasteiger partial charge in [-0.15, -0.1) is 0 Å². The van der Waals surface area contributed by atoms with Crippen molar-refractivity contribution in [1.29, 1.82) is 0 Å². The van der Waals surface area contributed by atoms with Gasteiger partial charge in [0.05, 0.1) is 5.75 Å². The molecule has 1 saturated heterocycles. The summed E-state index contributed by atoms with van der Waals surface area (Å²) >= 11 is 0. The van der Waals surface area contributed by atoms with Crippen molar-refractivity contribution in [2.45, 2.75) is 45.4 Å². The molecule has 2 aliphatic rings. The van der Waals surface area contributed by atoms with E-state index in [1.807, 2.05) is 6.92 Å². The molecule has 9 heteroatoms. The highest BCUT2D eigenvalue weighted by Gasteiger charge is 2.20. The first-order chi connectivity index (χ1) is 13.6. The minimum atomic E-state index is -3.23. The van der Waals surface area contributed by atoms with Crippen LogP contribution in [0.4, 0.5) is 0 Å². The molecule has 1 aliphatic heterocycles. The van der Waals surface area contributed by atoms with Crippen molar-refractivity contribution in [3.63, 3.8) is 0 Å². The van der Waals surface area contributed by atoms with Gasteiger partial charge in [0.15, 0.2) is 5.96 Å². The van der Waals surface area contributed by atoms with Crippen LogP contribution < -0.4 is 15.4 Å². The molecule has 0 atom stereocenters. The molecular formula is C19H38N4O4S. The lowest BCUT2D eigenvalue weighted by molar-refractivity contribution is 0.0205. The molecule has 1 aliphatic carbocycles. The largest absolute Gasteiger partial charge is 0.381 e. The predicted molar refractivity (Wildman–Crippen MR) is 112 cm³/mol. The zero-order valence-corrected chi connectivity index (χ0v) is 18.1. The molecular weight excluding hydrogens is 380 g/mol. The van der Waals surface area contributed by atoms with E-state index in [4.69, 9.17) is 9.47 Å². The zero-order chi connectivity index (χ0) is 20.1. The Morgan fingerprint density at radius 2 is 1.93 bits per heavy atom. The Kier molecular flexibility index (Phi) is 11.1. The van der Waals surface area contributed by atoms with Crippen molar-refractivity contribution >= 4 is 16.0 Å². The van der Waals surface area contributed by atoms with Crippen molar-refractivity contribution in [1.82, 2.24) is 15.4 Å². The van der Waals surface area contributed by atoms with E-state index in [2.05, 4.69) is 20.3 Å². The molecule has 0 amide bonds. The standard InChI is InChI=1S/C19H38N4O4S/c1-2-20-19(21-9-4-11-27-16-18-7-12-26-13-8-18)22-10-14-28(24,25)23-15-17-5-3-6-17/h17-18,23H,2-16H2,1H3,(H2,20,21,22). The van der Waals surface area contributed by atoms with E-state index < -0.39 is 10.0 Å². The summed E-state index contributed by atoms with van der Waals surface area (Å²) in [6.45, 7) is 7.48. The van der Waals surface area contributed by atoms with Gasteiger partial charge in [-0.1, -0.05) is 6.42 Å². The van der Waals surface area contributed by atoms with Gasteiger partial charge in [0.1, 0.15) is 0 Å². The van der Waals surface area contributed by atoms with Crippen LogP contribution in [0.25, 0.3) is 0 Å². The summed E-state index contributed by atoms with van der Waals surface area (Å²) in [4.78, 5) is 4.49. The average molecular weight is 419 g/mol. The van der Waals surface area contributed by atoms with Crippen LogP contribution in [-0.2, 0) is 19.5 Å². The third-order valence-corrected chi connectivity index (χ3v) is 6.58. The Bertz CT molecular complexity index is 546. The van der Waals surface area contributed by atoms with Gasteiger partial charge in [-0.2, -0.15) is 0 Å². The molecule has 3 N–H and O–H groups in total. The Balaban J connectivity index is 1.55. The second-order valence-electron chi connectivity index (χ2n) is 7.64. The molecule has 1 heterocycles. The molecule has 0 unspecified atom stereocenters. The summed E-state index contributed by atoms with van der Waals surface area (Å²) in [5.74, 6) is 1.85. The van der Waals surface area contributed by atoms with Gasteiger partial charge in [0.25, 0.3) is 0 Å². The third kappa shape index (κ3) is 10.0. The number of aliphatic imine (C=N–C) groups is 1. The molecule has 0 aromatic rings. The van der Waals surface area contributed by atoms with Crippen LogP contribution in [0.3, 0.4) is 0 Å². The third-order valence-electron chi connectivity index (χ3n) is 5.24. The minimum Gasteiger partial charge on any atom is -0.381 e. The number of hydrogen-bond donors (Lipinski definition) is 3. The van der Waals surface area contributed by atoms with Crippen molar-refractivity contribution < 1.29 is 17.9 Å². The van der Waals surface area contributed by atoms with Gasteiger partial charge in [-0.05, 0) is 50.9 Å². The van der Waals surface area contributed by atoms with Crippen LogP contribution in [0.2, 0.25) is 0 Å². The predicted octanol–water partition coefficient (Wildman–Crippen LogP) is 1.09. The monoisotopic (exact) mass is 418 g/mol. The average Bonchev–Trinajstić information content (AvgIpc) is 2.64. The Morgan fingerprint density at radius 3 is 2.61 bits per heavy atom. The Morgan fingerprint density at radius 1 is 1.14 bits per heavy atom. The number of ether oxygens (including phenoxy) is 2. The summed E-state index contributed by atoms with van der Waals surface area (Å²) in [6.07, 6.45) is 6.52. The van der Waals surface area contributed by atoms with Crippen LogP contribution in [0.15, 0.2) is 4.99 Å². The number of guanidine groups is 1. The van der Waals surface area contributed by atoms with E-state index in [1.54, 1.807) is 0 Å². The van der Waals surface area contributed by atoms with Crippen LogP contribution in [0.1, 0.15) is 45.4 Å². The fourth-order valence-corrected chi connectivity index (χ4v) is 4.18. The molecule has 0 bridgehead atoms. The Hall–Kier alpha value is -0.900. The van der Waals surface area contributed by atoms with E-state index >= 15 is 0 Å². The van der Waals surface area contributed by atoms with Crippen LogP contribution >= 0.6 is 0 Å². The fourth-order valence-electron chi connectivity index (χ4n) is 3.18. The molecule has 2 fully saturated rings. The van der Waals surface area contributed by atoms with Gasteiger partial charge in [0.2, 0.25) is 10.0 Å². The Labute approximate surface area is 170 Å². The second-order valence-corrected chi connectivity index (χ2v) is 9.56. The van der Waals surface area contributed by atoms with Crippen molar-refractivity contribution in [2.75, 3.05) is 58.4 Å². The summed E-state index contributed by atoms with van der Waals surface area (Å²) in [5, 5.41) is 6.25. The van der Waals surface area contributed by atoms with Gasteiger partial charge in [-0.25, -0.2) is 13.1 Å². The van der Waals surface area contributed by atoms with E-state index in [0.717, 1.165) is 58.5 Å². The highest BCUT2D eigenvalue weighted by atomic mass is 32.2. The first-order valence-electron chi connectivity index (χ1n) is 10.7. The molecule has 2 rings (SSSR count). The normalized spacial score (nSPS) is 19.4. The molecule has 164 valence electrons. The second kappa shape index (κ2) is 13.3. The van der Waals surface area contributed by atoms with Crippen LogP contribution in [0, 0.1) is 11.8 Å². The maximum Gasteiger partial charge on any atom is 0.213 e. The van der Waals surface area contributed by atoms with Crippen molar-refractivity contribution in [3.8, 4) is 0 Å². The lowest BCUT2D eigenvalue weighted by Gasteiger charge is -2.25. The maximum atomic E-state index is 12.0. The first-order valence-corrected chi connectivity index (χ1v) is 12.4. The zero-order valence-electron chi connectivity index (χ0n) is 17.2. The van der Waals surface area contributed by atoms with E-state index in [0.29, 0.717) is 44.0 Å². The first kappa shape index (κ1) is 23.4. The van der Waals surface area contributed by atoms with Gasteiger partial charge in [-0.3, -0.25) is 4.99 Å². The van der Waals surface area contributed by atoms with E-state index in [1.165, 1.54) is 6.42 Å². The molecule has 0 aromatic carbocycles. The number of nitrogens with zero attached hydrogens (tertiary/aromatic N) is 1. The SMILES string of the molecule is CCNC(=NCCCOCC1CCOCC1)NCCS(=O)(=O)NCC1CCC1. The molecule has 8 nitrogen and oxygen atoms in total. The van der Waals surface area contributed by atoms with E-state index in [9.17, 15) is 8.42 Å². The minimum absolute atomic E-state index is 0.0539. The highest BCUT2D eigenvalue weighted by molar-refractivity contribution is 7.89.